The van der Waals surface area contributed by atoms with E-state index in [-0.39, 0.29) is 0 Å². The zero-order chi connectivity index (χ0) is 12.9. The number of hydrogen-bond donors (Lipinski definition) is 1. The monoisotopic (exact) mass is 265 g/mol. The molecule has 0 saturated heterocycles. The van der Waals surface area contributed by atoms with Crippen molar-refractivity contribution in [3.05, 3.63) is 35.9 Å². The summed E-state index contributed by atoms with van der Waals surface area (Å²) in [5.74, 6) is 1.32. The summed E-state index contributed by atoms with van der Waals surface area (Å²) in [4.78, 5) is 0. The van der Waals surface area contributed by atoms with E-state index in [1.54, 1.807) is 0 Å². The highest BCUT2D eigenvalue weighted by Crippen LogP contribution is 2.04. The van der Waals surface area contributed by atoms with Gasteiger partial charge in [-0.1, -0.05) is 36.8 Å². The molecule has 0 fully saturated rings. The molecule has 0 spiro atoms. The summed E-state index contributed by atoms with van der Waals surface area (Å²) in [6.45, 7) is 2.37. The largest absolute Gasteiger partial charge is 0.317 e. The first-order valence-corrected chi connectivity index (χ1v) is 8.56. The van der Waals surface area contributed by atoms with Crippen LogP contribution >= 0.6 is 11.8 Å². The summed E-state index contributed by atoms with van der Waals surface area (Å²) in [6, 6.07) is 10.8. The van der Waals surface area contributed by atoms with E-state index in [0.717, 1.165) is 0 Å². The van der Waals surface area contributed by atoms with Crippen molar-refractivity contribution in [2.45, 2.75) is 38.5 Å². The molecule has 0 unspecified atom stereocenters. The fourth-order valence-corrected chi connectivity index (χ4v) is 2.51. The Morgan fingerprint density at radius 2 is 1.61 bits per heavy atom. The number of rotatable bonds is 11. The molecule has 1 aromatic rings. The Hall–Kier alpha value is -0.470. The lowest BCUT2D eigenvalue weighted by Gasteiger charge is -2.05. The number of nitrogens with one attached hydrogen (secondary N) is 1. The second kappa shape index (κ2) is 11.6. The van der Waals surface area contributed by atoms with E-state index in [1.165, 1.54) is 62.9 Å². The quantitative estimate of drug-likeness (QED) is 0.604. The SMILES string of the molecule is CSCCCCCNCCCCc1ccccc1. The van der Waals surface area contributed by atoms with Gasteiger partial charge in [0.15, 0.2) is 0 Å². The predicted octanol–water partition coefficient (Wildman–Crippen LogP) is 4.13. The zero-order valence-corrected chi connectivity index (χ0v) is 12.5. The molecule has 0 radical (unpaired) electrons. The lowest BCUT2D eigenvalue weighted by Crippen LogP contribution is -2.16. The van der Waals surface area contributed by atoms with Gasteiger partial charge in [-0.2, -0.15) is 11.8 Å². The van der Waals surface area contributed by atoms with Crippen LogP contribution in [0.15, 0.2) is 30.3 Å². The van der Waals surface area contributed by atoms with Gasteiger partial charge < -0.3 is 5.32 Å². The number of thioether (sulfide) groups is 1. The van der Waals surface area contributed by atoms with Crippen LogP contribution in [0, 0.1) is 0 Å². The normalized spacial score (nSPS) is 10.7. The average Bonchev–Trinajstić information content (AvgIpc) is 2.42. The van der Waals surface area contributed by atoms with Crippen molar-refractivity contribution in [2.24, 2.45) is 0 Å². The molecule has 0 bridgehead atoms. The van der Waals surface area contributed by atoms with Gasteiger partial charge in [0.25, 0.3) is 0 Å². The molecule has 0 aliphatic heterocycles. The molecular formula is C16H27NS. The third-order valence-electron chi connectivity index (χ3n) is 3.11. The van der Waals surface area contributed by atoms with Gasteiger partial charge in [-0.15, -0.1) is 0 Å². The van der Waals surface area contributed by atoms with Crippen LogP contribution in [0.2, 0.25) is 0 Å². The summed E-state index contributed by atoms with van der Waals surface area (Å²) in [6.07, 6.45) is 10.1. The van der Waals surface area contributed by atoms with E-state index in [0.29, 0.717) is 0 Å². The summed E-state index contributed by atoms with van der Waals surface area (Å²) in [7, 11) is 0. The second-order valence-corrected chi connectivity index (χ2v) is 5.73. The first-order chi connectivity index (χ1) is 8.93. The Morgan fingerprint density at radius 3 is 2.33 bits per heavy atom. The zero-order valence-electron chi connectivity index (χ0n) is 11.7. The van der Waals surface area contributed by atoms with Gasteiger partial charge in [0.05, 0.1) is 0 Å². The van der Waals surface area contributed by atoms with Crippen molar-refractivity contribution < 1.29 is 0 Å². The Labute approximate surface area is 117 Å². The maximum absolute atomic E-state index is 3.54. The van der Waals surface area contributed by atoms with Crippen LogP contribution < -0.4 is 5.32 Å². The molecule has 102 valence electrons. The van der Waals surface area contributed by atoms with Crippen LogP contribution in [0.25, 0.3) is 0 Å². The highest BCUT2D eigenvalue weighted by atomic mass is 32.2. The molecule has 0 amide bonds. The molecule has 0 aromatic heterocycles. The van der Waals surface area contributed by atoms with Crippen LogP contribution in [-0.2, 0) is 6.42 Å². The van der Waals surface area contributed by atoms with Crippen molar-refractivity contribution >= 4 is 11.8 Å². The van der Waals surface area contributed by atoms with E-state index in [4.69, 9.17) is 0 Å². The van der Waals surface area contributed by atoms with Gasteiger partial charge >= 0.3 is 0 Å². The highest BCUT2D eigenvalue weighted by molar-refractivity contribution is 7.98. The number of unbranched alkanes of at least 4 members (excludes halogenated alkanes) is 3. The Morgan fingerprint density at radius 1 is 0.889 bits per heavy atom. The summed E-state index contributed by atoms with van der Waals surface area (Å²) in [5.41, 5.74) is 1.47. The molecular weight excluding hydrogens is 238 g/mol. The van der Waals surface area contributed by atoms with Gasteiger partial charge in [0.1, 0.15) is 0 Å². The van der Waals surface area contributed by atoms with Crippen molar-refractivity contribution in [3.8, 4) is 0 Å². The van der Waals surface area contributed by atoms with E-state index >= 15 is 0 Å². The minimum atomic E-state index is 1.18. The van der Waals surface area contributed by atoms with E-state index in [9.17, 15) is 0 Å². The van der Waals surface area contributed by atoms with E-state index in [2.05, 4.69) is 41.9 Å². The van der Waals surface area contributed by atoms with Crippen molar-refractivity contribution in [1.82, 2.24) is 5.32 Å². The van der Waals surface area contributed by atoms with Gasteiger partial charge in [-0.05, 0) is 62.8 Å². The maximum atomic E-state index is 3.54. The Balaban J connectivity index is 1.82. The standard InChI is InChI=1S/C16H27NS/c1-18-15-9-3-7-13-17-14-8-6-12-16-10-4-2-5-11-16/h2,4-5,10-11,17H,3,6-9,12-15H2,1H3. The number of aryl methyl sites for hydroxylation is 1. The molecule has 1 nitrogen and oxygen atoms in total. The van der Waals surface area contributed by atoms with Crippen molar-refractivity contribution in [1.29, 1.82) is 0 Å². The summed E-state index contributed by atoms with van der Waals surface area (Å²) in [5, 5.41) is 3.54. The fraction of sp³-hybridized carbons (Fsp3) is 0.625. The van der Waals surface area contributed by atoms with Crippen LogP contribution in [0.4, 0.5) is 0 Å². The molecule has 0 heterocycles. The van der Waals surface area contributed by atoms with Crippen LogP contribution in [-0.4, -0.2) is 25.1 Å². The lowest BCUT2D eigenvalue weighted by atomic mass is 10.1. The maximum Gasteiger partial charge on any atom is -0.00488 e. The van der Waals surface area contributed by atoms with Crippen LogP contribution in [0.1, 0.15) is 37.7 Å². The molecule has 0 atom stereocenters. The topological polar surface area (TPSA) is 12.0 Å². The van der Waals surface area contributed by atoms with Gasteiger partial charge in [0, 0.05) is 0 Å². The van der Waals surface area contributed by atoms with Gasteiger partial charge in [-0.25, -0.2) is 0 Å². The molecule has 0 aliphatic rings. The summed E-state index contributed by atoms with van der Waals surface area (Å²) >= 11 is 1.95. The van der Waals surface area contributed by atoms with Crippen molar-refractivity contribution in [3.63, 3.8) is 0 Å². The van der Waals surface area contributed by atoms with Crippen LogP contribution in [0.3, 0.4) is 0 Å². The van der Waals surface area contributed by atoms with E-state index < -0.39 is 0 Å². The smallest absolute Gasteiger partial charge is 0.00488 e. The molecule has 1 rings (SSSR count). The Kier molecular flexibility index (Phi) is 10.1. The average molecular weight is 265 g/mol. The minimum Gasteiger partial charge on any atom is -0.317 e. The molecule has 0 saturated carbocycles. The fourth-order valence-electron chi connectivity index (χ4n) is 2.02. The van der Waals surface area contributed by atoms with E-state index in [1.807, 2.05) is 11.8 Å². The molecule has 0 aliphatic carbocycles. The van der Waals surface area contributed by atoms with Gasteiger partial charge in [-0.3, -0.25) is 0 Å². The third kappa shape index (κ3) is 8.60. The lowest BCUT2D eigenvalue weighted by molar-refractivity contribution is 0.587. The molecule has 1 aromatic carbocycles. The first-order valence-electron chi connectivity index (χ1n) is 7.17. The Bertz CT molecular complexity index is 274. The van der Waals surface area contributed by atoms with Crippen molar-refractivity contribution in [2.75, 3.05) is 25.1 Å². The molecule has 1 N–H and O–H groups in total. The minimum absolute atomic E-state index is 1.18. The second-order valence-electron chi connectivity index (χ2n) is 4.75. The first kappa shape index (κ1) is 15.6. The summed E-state index contributed by atoms with van der Waals surface area (Å²) < 4.78 is 0. The third-order valence-corrected chi connectivity index (χ3v) is 3.81. The van der Waals surface area contributed by atoms with Crippen LogP contribution in [0.5, 0.6) is 0 Å². The van der Waals surface area contributed by atoms with Gasteiger partial charge in [0.2, 0.25) is 0 Å². The molecule has 18 heavy (non-hydrogen) atoms. The number of benzene rings is 1. The molecule has 2 heteroatoms. The highest BCUT2D eigenvalue weighted by Gasteiger charge is 1.93. The number of hydrogen-bond acceptors (Lipinski definition) is 2. The predicted molar refractivity (Wildman–Crippen MR) is 84.5 cm³/mol.